The second-order valence-corrected chi connectivity index (χ2v) is 5.19. The number of aromatic nitrogens is 4. The van der Waals surface area contributed by atoms with Crippen molar-refractivity contribution in [2.75, 3.05) is 13.4 Å². The number of hydrogen-bond donors (Lipinski definition) is 0. The van der Waals surface area contributed by atoms with E-state index in [9.17, 15) is 4.79 Å². The summed E-state index contributed by atoms with van der Waals surface area (Å²) >= 11 is 1.55. The van der Waals surface area contributed by atoms with Gasteiger partial charge >= 0.3 is 5.69 Å². The number of nitrogens with zero attached hydrogens (tertiary/aromatic N) is 5. The molecule has 0 saturated heterocycles. The Bertz CT molecular complexity index is 738. The molecule has 1 aromatic carbocycles. The molecular formula is C13H17N5O3S. The van der Waals surface area contributed by atoms with E-state index in [1.807, 2.05) is 18.4 Å². The number of methoxy groups -OCH3 is 1. The quantitative estimate of drug-likeness (QED) is 0.356. The molecule has 0 N–H and O–H groups in total. The van der Waals surface area contributed by atoms with Crippen molar-refractivity contribution >= 4 is 17.7 Å². The lowest BCUT2D eigenvalue weighted by Gasteiger charge is -2.11. The molecule has 1 aromatic heterocycles. The van der Waals surface area contributed by atoms with Crippen LogP contribution in [0.1, 0.15) is 12.5 Å². The highest BCUT2D eigenvalue weighted by Gasteiger charge is 2.14. The number of aryl methyl sites for hydroxylation is 1. The Balaban J connectivity index is 2.42. The van der Waals surface area contributed by atoms with E-state index < -0.39 is 0 Å². The smallest absolute Gasteiger partial charge is 0.368 e. The Kier molecular flexibility index (Phi) is 5.21. The summed E-state index contributed by atoms with van der Waals surface area (Å²) in [6.45, 7) is 1.88. The molecule has 8 nitrogen and oxygen atoms in total. The molecule has 22 heavy (non-hydrogen) atoms. The molecule has 0 unspecified atom stereocenters. The fourth-order valence-electron chi connectivity index (χ4n) is 1.78. The van der Waals surface area contributed by atoms with Gasteiger partial charge in [0, 0.05) is 24.4 Å². The highest BCUT2D eigenvalue weighted by atomic mass is 32.2. The van der Waals surface area contributed by atoms with Crippen molar-refractivity contribution in [1.82, 2.24) is 19.8 Å². The van der Waals surface area contributed by atoms with Gasteiger partial charge in [-0.05, 0) is 28.8 Å². The van der Waals surface area contributed by atoms with Crippen LogP contribution in [0.4, 0.5) is 0 Å². The summed E-state index contributed by atoms with van der Waals surface area (Å²) in [4.78, 5) is 18.3. The van der Waals surface area contributed by atoms with Gasteiger partial charge < -0.3 is 9.57 Å². The van der Waals surface area contributed by atoms with Gasteiger partial charge in [0.05, 0.1) is 12.8 Å². The number of benzene rings is 1. The van der Waals surface area contributed by atoms with Crippen LogP contribution in [0.2, 0.25) is 0 Å². The van der Waals surface area contributed by atoms with Gasteiger partial charge in [0.25, 0.3) is 0 Å². The first-order valence-electron chi connectivity index (χ1n) is 6.44. The molecule has 9 heteroatoms. The van der Waals surface area contributed by atoms with Gasteiger partial charge in [-0.15, -0.1) is 11.8 Å². The first-order valence-corrected chi connectivity index (χ1v) is 7.66. The third-order valence-electron chi connectivity index (χ3n) is 2.98. The zero-order valence-electron chi connectivity index (χ0n) is 12.8. The number of oxime groups is 1. The molecule has 1 heterocycles. The predicted molar refractivity (Wildman–Crippen MR) is 83.3 cm³/mol. The van der Waals surface area contributed by atoms with Crippen molar-refractivity contribution in [3.05, 3.63) is 34.2 Å². The van der Waals surface area contributed by atoms with Crippen LogP contribution in [0, 0.1) is 0 Å². The lowest BCUT2D eigenvalue weighted by Crippen LogP contribution is -2.23. The Labute approximate surface area is 131 Å². The molecular weight excluding hydrogens is 306 g/mol. The van der Waals surface area contributed by atoms with Gasteiger partial charge in [-0.2, -0.15) is 9.36 Å². The maximum absolute atomic E-state index is 12.1. The maximum atomic E-state index is 12.1. The zero-order valence-corrected chi connectivity index (χ0v) is 13.6. The van der Waals surface area contributed by atoms with Gasteiger partial charge in [0.2, 0.25) is 5.90 Å². The van der Waals surface area contributed by atoms with E-state index in [0.717, 1.165) is 10.5 Å². The second-order valence-electron chi connectivity index (χ2n) is 4.34. The third kappa shape index (κ3) is 3.30. The normalized spacial score (nSPS) is 11.5. The Hall–Kier alpha value is -2.29. The first-order chi connectivity index (χ1) is 10.6. The summed E-state index contributed by atoms with van der Waals surface area (Å²) in [5, 5.41) is 11.4. The monoisotopic (exact) mass is 323 g/mol. The second kappa shape index (κ2) is 7.12. The fourth-order valence-corrected chi connectivity index (χ4v) is 2.40. The van der Waals surface area contributed by atoms with E-state index in [0.29, 0.717) is 11.6 Å². The molecule has 0 spiro atoms. The highest BCUT2D eigenvalue weighted by Crippen LogP contribution is 2.26. The van der Waals surface area contributed by atoms with Gasteiger partial charge in [-0.1, -0.05) is 11.2 Å². The fraction of sp³-hybridized carbons (Fsp3) is 0.385. The molecule has 118 valence electrons. The van der Waals surface area contributed by atoms with Crippen LogP contribution in [-0.4, -0.2) is 39.1 Å². The number of thioether (sulfide) groups is 1. The summed E-state index contributed by atoms with van der Waals surface area (Å²) < 4.78 is 7.33. The van der Waals surface area contributed by atoms with E-state index in [4.69, 9.17) is 9.57 Å². The van der Waals surface area contributed by atoms with Crippen LogP contribution in [0.3, 0.4) is 0 Å². The molecule has 0 radical (unpaired) electrons. The van der Waals surface area contributed by atoms with Crippen molar-refractivity contribution in [3.63, 3.8) is 0 Å². The van der Waals surface area contributed by atoms with Crippen LogP contribution in [0.25, 0.3) is 5.69 Å². The Morgan fingerprint density at radius 3 is 2.77 bits per heavy atom. The topological polar surface area (TPSA) is 83.5 Å². The van der Waals surface area contributed by atoms with Crippen molar-refractivity contribution in [3.8, 4) is 5.69 Å². The van der Waals surface area contributed by atoms with Gasteiger partial charge in [-0.3, -0.25) is 0 Å². The van der Waals surface area contributed by atoms with E-state index in [-0.39, 0.29) is 12.3 Å². The van der Waals surface area contributed by atoms with Crippen molar-refractivity contribution < 1.29 is 9.57 Å². The summed E-state index contributed by atoms with van der Waals surface area (Å²) in [6.07, 6.45) is 1.95. The molecule has 2 rings (SSSR count). The third-order valence-corrected chi connectivity index (χ3v) is 3.80. The molecule has 0 saturated carbocycles. The van der Waals surface area contributed by atoms with Crippen molar-refractivity contribution in [2.45, 2.75) is 18.4 Å². The molecule has 0 aliphatic heterocycles. The lowest BCUT2D eigenvalue weighted by molar-refractivity contribution is 0.120. The molecule has 0 atom stereocenters. The first kappa shape index (κ1) is 16.1. The minimum atomic E-state index is -0.323. The van der Waals surface area contributed by atoms with Crippen LogP contribution in [-0.2, 0) is 23.2 Å². The van der Waals surface area contributed by atoms with Gasteiger partial charge in [0.1, 0.15) is 6.61 Å². The predicted octanol–water partition coefficient (Wildman–Crippen LogP) is 1.18. The molecule has 0 amide bonds. The van der Waals surface area contributed by atoms with E-state index in [1.54, 1.807) is 31.8 Å². The van der Waals surface area contributed by atoms with Crippen LogP contribution in [0.15, 0.2) is 33.0 Å². The summed E-state index contributed by atoms with van der Waals surface area (Å²) in [6, 6.07) is 5.60. The van der Waals surface area contributed by atoms with Gasteiger partial charge in [0.15, 0.2) is 0 Å². The van der Waals surface area contributed by atoms with Crippen LogP contribution in [0.5, 0.6) is 0 Å². The maximum Gasteiger partial charge on any atom is 0.368 e. The molecule has 0 bridgehead atoms. The molecule has 2 aromatic rings. The summed E-state index contributed by atoms with van der Waals surface area (Å²) in [5.74, 6) is 0.417. The number of tetrazole rings is 1. The number of ether oxygens (including phenoxy) is 1. The van der Waals surface area contributed by atoms with E-state index in [2.05, 4.69) is 15.6 Å². The van der Waals surface area contributed by atoms with Crippen LogP contribution >= 0.6 is 11.8 Å². The lowest BCUT2D eigenvalue weighted by atomic mass is 10.2. The van der Waals surface area contributed by atoms with Crippen molar-refractivity contribution in [2.24, 2.45) is 12.2 Å². The Morgan fingerprint density at radius 2 is 2.18 bits per heavy atom. The Morgan fingerprint density at radius 1 is 1.41 bits per heavy atom. The number of rotatable bonds is 5. The van der Waals surface area contributed by atoms with E-state index >= 15 is 0 Å². The van der Waals surface area contributed by atoms with Crippen LogP contribution < -0.4 is 5.69 Å². The summed E-state index contributed by atoms with van der Waals surface area (Å²) in [7, 11) is 3.06. The van der Waals surface area contributed by atoms with Gasteiger partial charge in [-0.25, -0.2) is 4.79 Å². The van der Waals surface area contributed by atoms with Crippen molar-refractivity contribution in [1.29, 1.82) is 0 Å². The average molecular weight is 323 g/mol. The molecule has 0 fully saturated rings. The minimum absolute atomic E-state index is 0.191. The van der Waals surface area contributed by atoms with E-state index in [1.165, 1.54) is 16.5 Å². The zero-order chi connectivity index (χ0) is 16.1. The largest absolute Gasteiger partial charge is 0.482 e. The summed E-state index contributed by atoms with van der Waals surface area (Å²) in [5.41, 5.74) is 1.11. The standard InChI is InChI=1S/C13H17N5O3S/c1-9(20-3)14-21-8-10-11(6-5-7-12(10)22-4)18-13(19)17(2)15-16-18/h5-7H,8H2,1-4H3. The average Bonchev–Trinajstić information content (AvgIpc) is 2.86. The minimum Gasteiger partial charge on any atom is -0.482 e. The highest BCUT2D eigenvalue weighted by molar-refractivity contribution is 7.98. The molecule has 0 aliphatic carbocycles. The molecule has 0 aliphatic rings. The SMILES string of the molecule is COC(C)=NOCc1c(SC)cccc1-n1nnn(C)c1=O. The number of hydrogen-bond acceptors (Lipinski definition) is 7.